The van der Waals surface area contributed by atoms with Gasteiger partial charge in [0, 0.05) is 31.1 Å². The highest BCUT2D eigenvalue weighted by molar-refractivity contribution is 8.18. The molecule has 8 nitrogen and oxygen atoms in total. The standard InChI is InChI=1S/C26H20F6N6O2S/c27-25(28,29)16-3-2-15(19(9-16)26(30,31)32)11-38-21-4-1-14(7-18(21)20(10-33)36-38)8-22-23(40)35-24(41-22)37-6-5-34-17(12-37)13-39/h1-4,7-9,17,34,39H,5-6,11-13H2. The summed E-state index contributed by atoms with van der Waals surface area (Å²) in [5, 5.41) is 27.1. The highest BCUT2D eigenvalue weighted by atomic mass is 32.2. The molecule has 3 heterocycles. The van der Waals surface area contributed by atoms with Gasteiger partial charge in [0.15, 0.2) is 10.9 Å². The minimum absolute atomic E-state index is 0.0591. The van der Waals surface area contributed by atoms with Gasteiger partial charge in [-0.15, -0.1) is 0 Å². The molecule has 0 aliphatic carbocycles. The first-order chi connectivity index (χ1) is 19.4. The Morgan fingerprint density at radius 2 is 1.93 bits per heavy atom. The summed E-state index contributed by atoms with van der Waals surface area (Å²) in [7, 11) is 0. The van der Waals surface area contributed by atoms with E-state index in [-0.39, 0.29) is 29.9 Å². The lowest BCUT2D eigenvalue weighted by atomic mass is 10.0. The largest absolute Gasteiger partial charge is 0.416 e. The van der Waals surface area contributed by atoms with E-state index >= 15 is 0 Å². The second kappa shape index (κ2) is 10.8. The molecule has 1 saturated heterocycles. The van der Waals surface area contributed by atoms with E-state index in [1.807, 2.05) is 11.0 Å². The molecule has 0 radical (unpaired) electrons. The normalized spacial score (nSPS) is 19.2. The van der Waals surface area contributed by atoms with Crippen LogP contribution in [0.3, 0.4) is 0 Å². The fourth-order valence-corrected chi connectivity index (χ4v) is 5.56. The van der Waals surface area contributed by atoms with Gasteiger partial charge < -0.3 is 15.3 Å². The summed E-state index contributed by atoms with van der Waals surface area (Å²) >= 11 is 1.17. The number of fused-ring (bicyclic) bond motifs is 1. The fourth-order valence-electron chi connectivity index (χ4n) is 4.61. The molecule has 1 amide bonds. The van der Waals surface area contributed by atoms with E-state index in [0.717, 1.165) is 10.7 Å². The summed E-state index contributed by atoms with van der Waals surface area (Å²) in [5.74, 6) is -0.456. The Bertz CT molecular complexity index is 1620. The van der Waals surface area contributed by atoms with Crippen molar-refractivity contribution in [3.63, 3.8) is 0 Å². The molecule has 2 aliphatic heterocycles. The zero-order valence-corrected chi connectivity index (χ0v) is 21.7. The van der Waals surface area contributed by atoms with Crippen molar-refractivity contribution in [2.75, 3.05) is 26.2 Å². The number of hydrogen-bond acceptors (Lipinski definition) is 7. The van der Waals surface area contributed by atoms with Crippen LogP contribution in [-0.2, 0) is 23.7 Å². The van der Waals surface area contributed by atoms with Gasteiger partial charge in [0.05, 0.1) is 34.7 Å². The first kappa shape index (κ1) is 28.7. The highest BCUT2D eigenvalue weighted by Gasteiger charge is 2.38. The number of amides is 1. The van der Waals surface area contributed by atoms with Crippen molar-refractivity contribution in [1.82, 2.24) is 20.0 Å². The number of thioether (sulfide) groups is 1. The van der Waals surface area contributed by atoms with Crippen LogP contribution in [0.25, 0.3) is 17.0 Å². The average Bonchev–Trinajstić information content (AvgIpc) is 3.47. The summed E-state index contributed by atoms with van der Waals surface area (Å²) in [5.41, 5.74) is -2.61. The van der Waals surface area contributed by atoms with E-state index in [0.29, 0.717) is 46.7 Å². The maximum atomic E-state index is 13.7. The van der Waals surface area contributed by atoms with Crippen molar-refractivity contribution in [2.24, 2.45) is 4.99 Å². The van der Waals surface area contributed by atoms with Crippen LogP contribution in [0.2, 0.25) is 0 Å². The number of nitrogens with zero attached hydrogens (tertiary/aromatic N) is 5. The summed E-state index contributed by atoms with van der Waals surface area (Å²) in [6, 6.07) is 7.79. The van der Waals surface area contributed by atoms with Gasteiger partial charge in [-0.05, 0) is 53.2 Å². The molecule has 5 rings (SSSR count). The van der Waals surface area contributed by atoms with Gasteiger partial charge in [-0.2, -0.15) is 41.7 Å². The Labute approximate surface area is 232 Å². The van der Waals surface area contributed by atoms with E-state index in [2.05, 4.69) is 15.4 Å². The van der Waals surface area contributed by atoms with E-state index in [9.17, 15) is 41.5 Å². The van der Waals surface area contributed by atoms with E-state index in [1.165, 1.54) is 17.8 Å². The predicted octanol–water partition coefficient (Wildman–Crippen LogP) is 4.23. The molecule has 1 fully saturated rings. The zero-order chi connectivity index (χ0) is 29.5. The fraction of sp³-hybridized carbons (Fsp3) is 0.308. The van der Waals surface area contributed by atoms with Gasteiger partial charge >= 0.3 is 12.4 Å². The van der Waals surface area contributed by atoms with Gasteiger partial charge in [-0.1, -0.05) is 12.1 Å². The number of aromatic nitrogens is 2. The average molecular weight is 595 g/mol. The first-order valence-corrected chi connectivity index (χ1v) is 13.0. The molecular weight excluding hydrogens is 574 g/mol. The number of benzene rings is 2. The molecule has 2 N–H and O–H groups in total. The summed E-state index contributed by atoms with van der Waals surface area (Å²) in [4.78, 5) is 18.9. The molecule has 1 unspecified atom stereocenters. The Balaban J connectivity index is 1.43. The van der Waals surface area contributed by atoms with Crippen LogP contribution in [0, 0.1) is 11.3 Å². The highest BCUT2D eigenvalue weighted by Crippen LogP contribution is 2.38. The number of nitrogens with one attached hydrogen (secondary N) is 1. The van der Waals surface area contributed by atoms with Crippen molar-refractivity contribution in [1.29, 1.82) is 5.26 Å². The molecule has 0 spiro atoms. The number of rotatable bonds is 4. The second-order valence-corrected chi connectivity index (χ2v) is 10.4. The lowest BCUT2D eigenvalue weighted by Gasteiger charge is -2.33. The van der Waals surface area contributed by atoms with Crippen LogP contribution in [0.15, 0.2) is 46.3 Å². The Morgan fingerprint density at radius 1 is 1.15 bits per heavy atom. The minimum atomic E-state index is -5.05. The number of hydrogen-bond donors (Lipinski definition) is 2. The number of carbonyl (C=O) groups is 1. The smallest absolute Gasteiger partial charge is 0.395 e. The Morgan fingerprint density at radius 3 is 2.61 bits per heavy atom. The third-order valence-corrected chi connectivity index (χ3v) is 7.64. The van der Waals surface area contributed by atoms with Gasteiger partial charge in [0.2, 0.25) is 0 Å². The molecule has 0 saturated carbocycles. The van der Waals surface area contributed by atoms with Gasteiger partial charge in [-0.3, -0.25) is 9.48 Å². The number of alkyl halides is 6. The number of aliphatic imine (C=N–C) groups is 1. The molecule has 1 atom stereocenters. The maximum absolute atomic E-state index is 13.7. The molecule has 15 heteroatoms. The first-order valence-electron chi connectivity index (χ1n) is 12.2. The van der Waals surface area contributed by atoms with Gasteiger partial charge in [0.25, 0.3) is 5.91 Å². The topological polar surface area (TPSA) is 107 Å². The maximum Gasteiger partial charge on any atom is 0.416 e. The number of carbonyl (C=O) groups excluding carboxylic acids is 1. The van der Waals surface area contributed by atoms with E-state index in [1.54, 1.807) is 18.2 Å². The van der Waals surface area contributed by atoms with Crippen LogP contribution in [-0.4, -0.2) is 63.1 Å². The third-order valence-electron chi connectivity index (χ3n) is 6.60. The molecule has 41 heavy (non-hydrogen) atoms. The lowest BCUT2D eigenvalue weighted by molar-refractivity contribution is -0.143. The van der Waals surface area contributed by atoms with Crippen molar-refractivity contribution >= 4 is 39.8 Å². The third kappa shape index (κ3) is 5.95. The number of amidine groups is 1. The zero-order valence-electron chi connectivity index (χ0n) is 20.9. The molecule has 214 valence electrons. The molecule has 0 bridgehead atoms. The van der Waals surface area contributed by atoms with E-state index in [4.69, 9.17) is 0 Å². The monoisotopic (exact) mass is 594 g/mol. The van der Waals surface area contributed by atoms with Gasteiger partial charge in [-0.25, -0.2) is 0 Å². The predicted molar refractivity (Wildman–Crippen MR) is 138 cm³/mol. The van der Waals surface area contributed by atoms with Crippen molar-refractivity contribution < 1.29 is 36.2 Å². The molecule has 2 aromatic carbocycles. The number of piperazine rings is 1. The number of aliphatic hydroxyl groups excluding tert-OH is 1. The molecule has 2 aliphatic rings. The van der Waals surface area contributed by atoms with Crippen LogP contribution < -0.4 is 5.32 Å². The quantitative estimate of drug-likeness (QED) is 0.344. The molecule has 1 aromatic heterocycles. The van der Waals surface area contributed by atoms with Crippen LogP contribution in [0.4, 0.5) is 26.3 Å². The lowest BCUT2D eigenvalue weighted by Crippen LogP contribution is -2.53. The molecule has 3 aromatic rings. The molecular formula is C26H20F6N6O2S. The van der Waals surface area contributed by atoms with Crippen molar-refractivity contribution in [3.05, 3.63) is 69.3 Å². The number of nitriles is 1. The summed E-state index contributed by atoms with van der Waals surface area (Å²) in [6.45, 7) is 1.11. The van der Waals surface area contributed by atoms with Crippen LogP contribution in [0.1, 0.15) is 27.9 Å². The minimum Gasteiger partial charge on any atom is -0.395 e. The SMILES string of the molecule is N#Cc1nn(Cc2ccc(C(F)(F)F)cc2C(F)(F)F)c2ccc(C=C3SC(N4CCNC(CO)C4)=NC3=O)cc12. The van der Waals surface area contributed by atoms with E-state index < -0.39 is 41.5 Å². The second-order valence-electron chi connectivity index (χ2n) is 9.35. The van der Waals surface area contributed by atoms with Crippen LogP contribution >= 0.6 is 11.8 Å². The summed E-state index contributed by atoms with van der Waals surface area (Å²) < 4.78 is 81.3. The van der Waals surface area contributed by atoms with Gasteiger partial charge in [0.1, 0.15) is 6.07 Å². The Kier molecular flexibility index (Phi) is 7.58. The van der Waals surface area contributed by atoms with Crippen molar-refractivity contribution in [2.45, 2.75) is 24.9 Å². The Hall–Kier alpha value is -3.87. The van der Waals surface area contributed by atoms with Crippen LogP contribution in [0.5, 0.6) is 0 Å². The summed E-state index contributed by atoms with van der Waals surface area (Å²) in [6.07, 6.45) is -8.43. The number of halogens is 6. The number of aliphatic hydroxyl groups is 1. The van der Waals surface area contributed by atoms with Crippen molar-refractivity contribution in [3.8, 4) is 6.07 Å².